The van der Waals surface area contributed by atoms with Gasteiger partial charge >= 0.3 is 11.8 Å². The minimum Gasteiger partial charge on any atom is -0.346 e. The maximum absolute atomic E-state index is 12.9. The average Bonchev–Trinajstić information content (AvgIpc) is 3.08. The minimum absolute atomic E-state index is 0.0893. The van der Waals surface area contributed by atoms with Gasteiger partial charge in [0.05, 0.1) is 5.92 Å². The number of carbonyl (C=O) groups excluding carboxylic acids is 4. The molecule has 2 aliphatic heterocycles. The first-order chi connectivity index (χ1) is 13.8. The van der Waals surface area contributed by atoms with Gasteiger partial charge in [0.15, 0.2) is 0 Å². The van der Waals surface area contributed by atoms with Crippen molar-refractivity contribution in [3.8, 4) is 0 Å². The zero-order valence-corrected chi connectivity index (χ0v) is 17.3. The van der Waals surface area contributed by atoms with E-state index in [0.717, 1.165) is 5.69 Å². The van der Waals surface area contributed by atoms with Crippen LogP contribution in [-0.4, -0.2) is 72.2 Å². The molecule has 0 unspecified atom stereocenters. The van der Waals surface area contributed by atoms with E-state index in [4.69, 9.17) is 11.6 Å². The summed E-state index contributed by atoms with van der Waals surface area (Å²) < 4.78 is 0. The van der Waals surface area contributed by atoms with Crippen molar-refractivity contribution in [2.75, 3.05) is 37.6 Å². The number of amides is 4. The smallest absolute Gasteiger partial charge is 0.312 e. The molecule has 0 aliphatic carbocycles. The Morgan fingerprint density at radius 3 is 2.21 bits per heavy atom. The molecule has 9 heteroatoms. The van der Waals surface area contributed by atoms with E-state index in [2.05, 4.69) is 5.32 Å². The van der Waals surface area contributed by atoms with Gasteiger partial charge in [-0.2, -0.15) is 0 Å². The second kappa shape index (κ2) is 8.82. The Morgan fingerprint density at radius 1 is 1.03 bits per heavy atom. The second-order valence-electron chi connectivity index (χ2n) is 7.63. The van der Waals surface area contributed by atoms with Gasteiger partial charge in [-0.15, -0.1) is 0 Å². The number of carbonyl (C=O) groups is 4. The number of halogens is 1. The Labute approximate surface area is 174 Å². The zero-order chi connectivity index (χ0) is 21.1. The highest BCUT2D eigenvalue weighted by Gasteiger charge is 2.38. The van der Waals surface area contributed by atoms with Crippen molar-refractivity contribution in [3.05, 3.63) is 29.3 Å². The summed E-state index contributed by atoms with van der Waals surface area (Å²) in [6, 6.07) is 6.84. The molecule has 29 heavy (non-hydrogen) atoms. The molecule has 1 aromatic rings. The van der Waals surface area contributed by atoms with Crippen LogP contribution in [0.2, 0.25) is 5.02 Å². The molecule has 0 spiro atoms. The fourth-order valence-electron chi connectivity index (χ4n) is 3.60. The average molecular weight is 421 g/mol. The summed E-state index contributed by atoms with van der Waals surface area (Å²) in [4.78, 5) is 54.1. The summed E-state index contributed by atoms with van der Waals surface area (Å²) >= 11 is 5.90. The third-order valence-electron chi connectivity index (χ3n) is 5.11. The van der Waals surface area contributed by atoms with Gasteiger partial charge in [-0.3, -0.25) is 19.2 Å². The van der Waals surface area contributed by atoms with Crippen molar-refractivity contribution in [3.63, 3.8) is 0 Å². The largest absolute Gasteiger partial charge is 0.346 e. The van der Waals surface area contributed by atoms with E-state index in [9.17, 15) is 19.2 Å². The fourth-order valence-corrected chi connectivity index (χ4v) is 3.73. The molecule has 2 fully saturated rings. The first-order valence-corrected chi connectivity index (χ1v) is 10.1. The Kier molecular flexibility index (Phi) is 6.42. The molecule has 0 saturated carbocycles. The van der Waals surface area contributed by atoms with Gasteiger partial charge in [-0.1, -0.05) is 11.6 Å². The molecule has 1 N–H and O–H groups in total. The van der Waals surface area contributed by atoms with Crippen LogP contribution < -0.4 is 10.2 Å². The van der Waals surface area contributed by atoms with Crippen LogP contribution >= 0.6 is 11.6 Å². The van der Waals surface area contributed by atoms with E-state index >= 15 is 0 Å². The number of nitrogens with zero attached hydrogens (tertiary/aromatic N) is 3. The molecule has 2 aliphatic rings. The van der Waals surface area contributed by atoms with E-state index in [1.165, 1.54) is 4.90 Å². The maximum Gasteiger partial charge on any atom is 0.312 e. The Morgan fingerprint density at radius 2 is 1.62 bits per heavy atom. The SMILES string of the molecule is CC(C)NC(=O)C(=O)N1CCN(C(=O)[C@H]2CC(=O)N(c3ccc(Cl)cc3)C2)CC1. The van der Waals surface area contributed by atoms with E-state index in [0.29, 0.717) is 37.7 Å². The highest BCUT2D eigenvalue weighted by molar-refractivity contribution is 6.35. The lowest BCUT2D eigenvalue weighted by Crippen LogP contribution is -2.55. The first-order valence-electron chi connectivity index (χ1n) is 9.70. The van der Waals surface area contributed by atoms with Crippen molar-refractivity contribution in [2.24, 2.45) is 5.92 Å². The summed E-state index contributed by atoms with van der Waals surface area (Å²) in [5, 5.41) is 3.17. The predicted octanol–water partition coefficient (Wildman–Crippen LogP) is 0.888. The van der Waals surface area contributed by atoms with Crippen molar-refractivity contribution < 1.29 is 19.2 Å². The molecule has 8 nitrogen and oxygen atoms in total. The molecule has 0 radical (unpaired) electrons. The van der Waals surface area contributed by atoms with Crippen LogP contribution in [0, 0.1) is 5.92 Å². The maximum atomic E-state index is 12.9. The Hall–Kier alpha value is -2.61. The highest BCUT2D eigenvalue weighted by Crippen LogP contribution is 2.27. The summed E-state index contributed by atoms with van der Waals surface area (Å²) in [5.41, 5.74) is 0.723. The molecule has 3 rings (SSSR count). The van der Waals surface area contributed by atoms with Crippen LogP contribution in [0.15, 0.2) is 24.3 Å². The normalized spacial score (nSPS) is 19.7. The van der Waals surface area contributed by atoms with Crippen molar-refractivity contribution >= 4 is 40.9 Å². The molecule has 2 heterocycles. The van der Waals surface area contributed by atoms with Crippen molar-refractivity contribution in [1.82, 2.24) is 15.1 Å². The topological polar surface area (TPSA) is 90.0 Å². The number of hydrogen-bond acceptors (Lipinski definition) is 4. The molecule has 4 amide bonds. The van der Waals surface area contributed by atoms with Crippen LogP contribution in [0.4, 0.5) is 5.69 Å². The predicted molar refractivity (Wildman–Crippen MR) is 108 cm³/mol. The van der Waals surface area contributed by atoms with Crippen LogP contribution in [0.1, 0.15) is 20.3 Å². The van der Waals surface area contributed by atoms with Crippen LogP contribution in [0.5, 0.6) is 0 Å². The quantitative estimate of drug-likeness (QED) is 0.735. The summed E-state index contributed by atoms with van der Waals surface area (Å²) in [6.45, 7) is 5.22. The van der Waals surface area contributed by atoms with E-state index in [1.54, 1.807) is 47.9 Å². The van der Waals surface area contributed by atoms with Gasteiger partial charge in [-0.05, 0) is 38.1 Å². The van der Waals surface area contributed by atoms with Gasteiger partial charge in [0, 0.05) is 55.9 Å². The monoisotopic (exact) mass is 420 g/mol. The zero-order valence-electron chi connectivity index (χ0n) is 16.6. The molecular weight excluding hydrogens is 396 g/mol. The molecular formula is C20H25ClN4O4. The highest BCUT2D eigenvalue weighted by atomic mass is 35.5. The number of anilines is 1. The fraction of sp³-hybridized carbons (Fsp3) is 0.500. The molecule has 1 aromatic carbocycles. The summed E-state index contributed by atoms with van der Waals surface area (Å²) in [7, 11) is 0. The number of hydrogen-bond donors (Lipinski definition) is 1. The lowest BCUT2D eigenvalue weighted by atomic mass is 10.1. The Balaban J connectivity index is 1.54. The van der Waals surface area contributed by atoms with Gasteiger partial charge < -0.3 is 20.0 Å². The van der Waals surface area contributed by atoms with E-state index in [-0.39, 0.29) is 24.3 Å². The van der Waals surface area contributed by atoms with Gasteiger partial charge in [0.1, 0.15) is 0 Å². The number of rotatable bonds is 3. The summed E-state index contributed by atoms with van der Waals surface area (Å²) in [6.07, 6.45) is 0.164. The molecule has 0 aromatic heterocycles. The van der Waals surface area contributed by atoms with Gasteiger partial charge in [0.2, 0.25) is 11.8 Å². The van der Waals surface area contributed by atoms with Gasteiger partial charge in [0.25, 0.3) is 0 Å². The van der Waals surface area contributed by atoms with Crippen LogP contribution in [0.25, 0.3) is 0 Å². The van der Waals surface area contributed by atoms with Crippen LogP contribution in [0.3, 0.4) is 0 Å². The number of piperazine rings is 1. The lowest BCUT2D eigenvalue weighted by molar-refractivity contribution is -0.149. The minimum atomic E-state index is -0.625. The number of benzene rings is 1. The summed E-state index contributed by atoms with van der Waals surface area (Å²) in [5.74, 6) is -1.79. The molecule has 156 valence electrons. The second-order valence-corrected chi connectivity index (χ2v) is 8.06. The number of nitrogens with one attached hydrogen (secondary N) is 1. The van der Waals surface area contributed by atoms with E-state index < -0.39 is 17.7 Å². The van der Waals surface area contributed by atoms with Crippen molar-refractivity contribution in [2.45, 2.75) is 26.3 Å². The van der Waals surface area contributed by atoms with E-state index in [1.807, 2.05) is 0 Å². The lowest BCUT2D eigenvalue weighted by Gasteiger charge is -2.35. The standard InChI is InChI=1S/C20H25ClN4O4/c1-13(2)22-18(27)20(29)24-9-7-23(8-10-24)19(28)14-11-17(26)25(12-14)16-5-3-15(21)4-6-16/h3-6,13-14H,7-12H2,1-2H3,(H,22,27)/t14-/m0/s1. The Bertz CT molecular complexity index is 803. The van der Waals surface area contributed by atoms with Crippen LogP contribution in [-0.2, 0) is 19.2 Å². The van der Waals surface area contributed by atoms with Gasteiger partial charge in [-0.25, -0.2) is 0 Å². The molecule has 2 saturated heterocycles. The first kappa shape index (κ1) is 21.1. The third kappa shape index (κ3) is 4.87. The van der Waals surface area contributed by atoms with Crippen molar-refractivity contribution in [1.29, 1.82) is 0 Å². The third-order valence-corrected chi connectivity index (χ3v) is 5.36. The molecule has 0 bridgehead atoms. The molecule has 1 atom stereocenters.